The molecule has 2 unspecified atom stereocenters. The molecule has 1 aliphatic heterocycles. The van der Waals surface area contributed by atoms with Crippen molar-refractivity contribution in [3.8, 4) is 0 Å². The van der Waals surface area contributed by atoms with Crippen molar-refractivity contribution in [2.75, 3.05) is 5.75 Å². The molecule has 1 aromatic heterocycles. The van der Waals surface area contributed by atoms with E-state index in [1.807, 2.05) is 13.8 Å². The van der Waals surface area contributed by atoms with Crippen LogP contribution in [0.1, 0.15) is 13.8 Å². The fourth-order valence-corrected chi connectivity index (χ4v) is 6.01. The molecule has 2 heterocycles. The van der Waals surface area contributed by atoms with Crippen LogP contribution >= 0.6 is 11.8 Å². The third kappa shape index (κ3) is 2.59. The number of aromatic nitrogens is 1. The van der Waals surface area contributed by atoms with Crippen LogP contribution in [-0.4, -0.2) is 45.5 Å². The van der Waals surface area contributed by atoms with Crippen LogP contribution < -0.4 is 0 Å². The monoisotopic (exact) mass is 318 g/mol. The number of carboxylic acid groups (broad SMARTS) is 1. The van der Waals surface area contributed by atoms with E-state index in [0.717, 1.165) is 4.31 Å². The number of carbonyl (C=O) groups is 1. The summed E-state index contributed by atoms with van der Waals surface area (Å²) >= 11 is 1.38. The number of carboxylic acids is 1. The summed E-state index contributed by atoms with van der Waals surface area (Å²) in [6.45, 7) is 3.80. The molecule has 20 heavy (non-hydrogen) atoms. The normalized spacial score (nSPS) is 24.4. The van der Waals surface area contributed by atoms with Crippen LogP contribution in [0.5, 0.6) is 0 Å². The first-order valence-corrected chi connectivity index (χ1v) is 8.74. The highest BCUT2D eigenvalue weighted by molar-refractivity contribution is 8.01. The Morgan fingerprint density at radius 3 is 2.60 bits per heavy atom. The molecule has 1 saturated heterocycles. The van der Waals surface area contributed by atoms with Gasteiger partial charge in [0.2, 0.25) is 10.0 Å². The Bertz CT molecular complexity index is 609. The zero-order valence-electron chi connectivity index (χ0n) is 11.6. The Kier molecular flexibility index (Phi) is 4.17. The maximum absolute atomic E-state index is 12.7. The van der Waals surface area contributed by atoms with Crippen molar-refractivity contribution in [1.29, 1.82) is 0 Å². The van der Waals surface area contributed by atoms with E-state index in [1.165, 1.54) is 24.0 Å². The van der Waals surface area contributed by atoms with E-state index in [1.54, 1.807) is 17.8 Å². The molecule has 1 aliphatic rings. The highest BCUT2D eigenvalue weighted by atomic mass is 32.2. The van der Waals surface area contributed by atoms with Crippen LogP contribution in [0.4, 0.5) is 0 Å². The summed E-state index contributed by atoms with van der Waals surface area (Å²) < 4.78 is 28.2. The quantitative estimate of drug-likeness (QED) is 0.902. The molecule has 0 radical (unpaired) electrons. The van der Waals surface area contributed by atoms with E-state index in [4.69, 9.17) is 0 Å². The van der Waals surface area contributed by atoms with Crippen molar-refractivity contribution < 1.29 is 18.3 Å². The minimum atomic E-state index is -3.80. The van der Waals surface area contributed by atoms with Crippen LogP contribution in [0.25, 0.3) is 0 Å². The van der Waals surface area contributed by atoms with Gasteiger partial charge in [-0.2, -0.15) is 4.31 Å². The lowest BCUT2D eigenvalue weighted by molar-refractivity contribution is -0.140. The zero-order chi connectivity index (χ0) is 15.1. The lowest BCUT2D eigenvalue weighted by atomic mass is 10.2. The lowest BCUT2D eigenvalue weighted by Gasteiger charge is -2.28. The van der Waals surface area contributed by atoms with Crippen molar-refractivity contribution in [3.05, 3.63) is 18.5 Å². The molecule has 1 fully saturated rings. The lowest BCUT2D eigenvalue weighted by Crippen LogP contribution is -2.46. The van der Waals surface area contributed by atoms with Gasteiger partial charge in [-0.05, 0) is 12.0 Å². The average molecular weight is 318 g/mol. The molecule has 0 aliphatic carbocycles. The summed E-state index contributed by atoms with van der Waals surface area (Å²) in [5.74, 6) is -0.771. The summed E-state index contributed by atoms with van der Waals surface area (Å²) in [5, 5.41) is 8.93. The molecule has 6 nitrogen and oxygen atoms in total. The van der Waals surface area contributed by atoms with Gasteiger partial charge in [-0.1, -0.05) is 13.8 Å². The van der Waals surface area contributed by atoms with Gasteiger partial charge in [0.05, 0.1) is 10.3 Å². The van der Waals surface area contributed by atoms with Gasteiger partial charge in [-0.15, -0.1) is 11.8 Å². The van der Waals surface area contributed by atoms with Crippen molar-refractivity contribution in [3.63, 3.8) is 0 Å². The highest BCUT2D eigenvalue weighted by Gasteiger charge is 2.47. The zero-order valence-corrected chi connectivity index (χ0v) is 13.2. The standard InChI is InChI=1S/C12H18N2O4S2/c1-8(2)11-14(10(7-19-11)12(15)16)20(17,18)9-4-5-13(3)6-9/h4-6,8,10-11H,7H2,1-3H3,(H,15,16). The first-order chi connectivity index (χ1) is 9.25. The second-order valence-electron chi connectivity index (χ2n) is 5.17. The minimum absolute atomic E-state index is 0.0443. The number of thioether (sulfide) groups is 1. The van der Waals surface area contributed by atoms with Crippen LogP contribution in [0.2, 0.25) is 0 Å². The molecular formula is C12H18N2O4S2. The van der Waals surface area contributed by atoms with Gasteiger partial charge in [0.15, 0.2) is 0 Å². The number of hydrogen-bond donors (Lipinski definition) is 1. The number of aryl methyl sites for hydroxylation is 1. The molecular weight excluding hydrogens is 300 g/mol. The number of hydrogen-bond acceptors (Lipinski definition) is 4. The summed E-state index contributed by atoms with van der Waals surface area (Å²) in [6, 6.07) is 0.492. The Morgan fingerprint density at radius 2 is 2.15 bits per heavy atom. The molecule has 2 atom stereocenters. The van der Waals surface area contributed by atoms with Gasteiger partial charge in [0.25, 0.3) is 0 Å². The van der Waals surface area contributed by atoms with Gasteiger partial charge in [0, 0.05) is 25.2 Å². The van der Waals surface area contributed by atoms with E-state index in [0.29, 0.717) is 0 Å². The van der Waals surface area contributed by atoms with Crippen molar-refractivity contribution in [1.82, 2.24) is 8.87 Å². The SMILES string of the molecule is CC(C)C1SCC(C(=O)O)N1S(=O)(=O)c1ccn(C)c1. The fourth-order valence-electron chi connectivity index (χ4n) is 2.24. The summed E-state index contributed by atoms with van der Waals surface area (Å²) in [5.41, 5.74) is 0. The number of rotatable bonds is 4. The van der Waals surface area contributed by atoms with E-state index < -0.39 is 22.0 Å². The van der Waals surface area contributed by atoms with E-state index in [9.17, 15) is 18.3 Å². The molecule has 1 N–H and O–H groups in total. The number of sulfonamides is 1. The van der Waals surface area contributed by atoms with Gasteiger partial charge < -0.3 is 9.67 Å². The molecule has 0 aromatic carbocycles. The van der Waals surface area contributed by atoms with Gasteiger partial charge in [-0.25, -0.2) is 8.42 Å². The molecule has 1 aromatic rings. The fraction of sp³-hybridized carbons (Fsp3) is 0.583. The Hall–Kier alpha value is -0.990. The van der Waals surface area contributed by atoms with Crippen LogP contribution in [0.15, 0.2) is 23.4 Å². The second-order valence-corrected chi connectivity index (χ2v) is 8.16. The predicted octanol–water partition coefficient (Wildman–Crippen LogP) is 1.20. The molecule has 0 saturated carbocycles. The first-order valence-electron chi connectivity index (χ1n) is 6.25. The highest BCUT2D eigenvalue weighted by Crippen LogP contribution is 2.38. The third-order valence-electron chi connectivity index (χ3n) is 3.22. The third-order valence-corrected chi connectivity index (χ3v) is 6.85. The second kappa shape index (κ2) is 5.42. The van der Waals surface area contributed by atoms with E-state index in [2.05, 4.69) is 0 Å². The van der Waals surface area contributed by atoms with E-state index >= 15 is 0 Å². The molecule has 112 valence electrons. The van der Waals surface area contributed by atoms with Crippen LogP contribution in [0.3, 0.4) is 0 Å². The largest absolute Gasteiger partial charge is 0.480 e. The Balaban J connectivity index is 2.46. The first kappa shape index (κ1) is 15.4. The summed E-state index contributed by atoms with van der Waals surface area (Å²) in [4.78, 5) is 11.5. The van der Waals surface area contributed by atoms with Crippen molar-refractivity contribution >= 4 is 27.8 Å². The minimum Gasteiger partial charge on any atom is -0.480 e. The maximum atomic E-state index is 12.7. The molecule has 2 rings (SSSR count). The Morgan fingerprint density at radius 1 is 1.50 bits per heavy atom. The van der Waals surface area contributed by atoms with Gasteiger partial charge in [0.1, 0.15) is 6.04 Å². The predicted molar refractivity (Wildman–Crippen MR) is 76.9 cm³/mol. The smallest absolute Gasteiger partial charge is 0.322 e. The maximum Gasteiger partial charge on any atom is 0.322 e. The number of aliphatic carboxylic acids is 1. The van der Waals surface area contributed by atoms with Crippen molar-refractivity contribution in [2.24, 2.45) is 13.0 Å². The van der Waals surface area contributed by atoms with E-state index in [-0.39, 0.29) is 21.9 Å². The molecule has 0 spiro atoms. The average Bonchev–Trinajstić information content (AvgIpc) is 2.94. The molecule has 0 amide bonds. The van der Waals surface area contributed by atoms with Crippen LogP contribution in [-0.2, 0) is 21.9 Å². The summed E-state index contributed by atoms with van der Waals surface area (Å²) in [7, 11) is -2.07. The molecule has 8 heteroatoms. The number of nitrogens with zero attached hydrogens (tertiary/aromatic N) is 2. The topological polar surface area (TPSA) is 79.6 Å². The summed E-state index contributed by atoms with van der Waals surface area (Å²) in [6.07, 6.45) is 3.13. The van der Waals surface area contributed by atoms with Gasteiger partial charge in [-0.3, -0.25) is 4.79 Å². The van der Waals surface area contributed by atoms with Gasteiger partial charge >= 0.3 is 5.97 Å². The Labute approximate surface area is 122 Å². The van der Waals surface area contributed by atoms with Crippen LogP contribution in [0, 0.1) is 5.92 Å². The van der Waals surface area contributed by atoms with Crippen molar-refractivity contribution in [2.45, 2.75) is 30.2 Å². The molecule has 0 bridgehead atoms.